The Morgan fingerprint density at radius 1 is 1.17 bits per heavy atom. The van der Waals surface area contributed by atoms with Gasteiger partial charge in [0.1, 0.15) is 5.82 Å². The van der Waals surface area contributed by atoms with Crippen molar-refractivity contribution < 1.29 is 14.3 Å². The minimum Gasteiger partial charge on any atom is -0.465 e. The average Bonchev–Trinajstić information content (AvgIpc) is 2.38. The summed E-state index contributed by atoms with van der Waals surface area (Å²) in [6, 6.07) is 13.5. The first-order chi connectivity index (χ1) is 8.59. The zero-order valence-corrected chi connectivity index (χ0v) is 9.80. The van der Waals surface area contributed by atoms with Crippen molar-refractivity contribution in [1.29, 1.82) is 0 Å². The summed E-state index contributed by atoms with van der Waals surface area (Å²) in [5.74, 6) is -0.438. The van der Waals surface area contributed by atoms with E-state index in [1.807, 2.05) is 18.2 Å². The molecule has 4 heteroatoms. The fourth-order valence-corrected chi connectivity index (χ4v) is 1.67. The molecule has 0 spiro atoms. The highest BCUT2D eigenvalue weighted by atomic mass is 19.1. The monoisotopic (exact) mass is 245 g/mol. The summed E-state index contributed by atoms with van der Waals surface area (Å²) in [6.45, 7) is 0. The number of amides is 1. The highest BCUT2D eigenvalue weighted by Crippen LogP contribution is 2.26. The van der Waals surface area contributed by atoms with Gasteiger partial charge in [-0.25, -0.2) is 9.18 Å². The number of hydrogen-bond donors (Lipinski definition) is 1. The van der Waals surface area contributed by atoms with E-state index in [0.717, 1.165) is 10.5 Å². The predicted octanol–water partition coefficient (Wildman–Crippen LogP) is 3.61. The van der Waals surface area contributed by atoms with Gasteiger partial charge in [0.05, 0.1) is 0 Å². The topological polar surface area (TPSA) is 40.5 Å². The van der Waals surface area contributed by atoms with Crippen molar-refractivity contribution in [3.8, 4) is 11.1 Å². The number of rotatable bonds is 2. The molecule has 1 N–H and O–H groups in total. The van der Waals surface area contributed by atoms with E-state index >= 15 is 0 Å². The van der Waals surface area contributed by atoms with Crippen LogP contribution in [0.25, 0.3) is 11.1 Å². The van der Waals surface area contributed by atoms with Gasteiger partial charge in [-0.1, -0.05) is 30.3 Å². The molecule has 18 heavy (non-hydrogen) atoms. The van der Waals surface area contributed by atoms with Gasteiger partial charge in [-0.15, -0.1) is 0 Å². The van der Waals surface area contributed by atoms with Gasteiger partial charge in [-0.2, -0.15) is 0 Å². The quantitative estimate of drug-likeness (QED) is 0.878. The van der Waals surface area contributed by atoms with Gasteiger partial charge in [-0.05, 0) is 23.8 Å². The predicted molar refractivity (Wildman–Crippen MR) is 68.3 cm³/mol. The van der Waals surface area contributed by atoms with E-state index < -0.39 is 11.9 Å². The van der Waals surface area contributed by atoms with Crippen LogP contribution in [0, 0.1) is 5.82 Å². The second-order valence-corrected chi connectivity index (χ2v) is 3.87. The normalized spacial score (nSPS) is 10.1. The average molecular weight is 245 g/mol. The highest BCUT2D eigenvalue weighted by molar-refractivity contribution is 5.85. The maximum absolute atomic E-state index is 13.9. The van der Waals surface area contributed by atoms with Gasteiger partial charge in [-0.3, -0.25) is 4.90 Å². The number of anilines is 1. The van der Waals surface area contributed by atoms with E-state index in [-0.39, 0.29) is 0 Å². The number of carboxylic acid groups (broad SMARTS) is 1. The number of halogens is 1. The molecule has 92 valence electrons. The van der Waals surface area contributed by atoms with Crippen LogP contribution in [0.2, 0.25) is 0 Å². The Balaban J connectivity index is 2.40. The fourth-order valence-electron chi connectivity index (χ4n) is 1.67. The summed E-state index contributed by atoms with van der Waals surface area (Å²) >= 11 is 0. The second kappa shape index (κ2) is 4.87. The maximum atomic E-state index is 13.9. The van der Waals surface area contributed by atoms with Gasteiger partial charge in [0, 0.05) is 18.3 Å². The second-order valence-electron chi connectivity index (χ2n) is 3.87. The molecule has 3 nitrogen and oxygen atoms in total. The Labute approximate surface area is 104 Å². The maximum Gasteiger partial charge on any atom is 0.411 e. The number of benzene rings is 2. The van der Waals surface area contributed by atoms with Crippen LogP contribution < -0.4 is 4.90 Å². The molecule has 0 aromatic heterocycles. The summed E-state index contributed by atoms with van der Waals surface area (Å²) in [5.41, 5.74) is 1.53. The molecule has 0 aliphatic rings. The lowest BCUT2D eigenvalue weighted by Gasteiger charge is -2.14. The van der Waals surface area contributed by atoms with Crippen LogP contribution in [0.4, 0.5) is 14.9 Å². The van der Waals surface area contributed by atoms with Crippen LogP contribution in [-0.4, -0.2) is 18.2 Å². The fraction of sp³-hybridized carbons (Fsp3) is 0.0714. The Morgan fingerprint density at radius 2 is 1.83 bits per heavy atom. The molecule has 1 amide bonds. The van der Waals surface area contributed by atoms with Crippen LogP contribution in [0.3, 0.4) is 0 Å². The van der Waals surface area contributed by atoms with Crippen molar-refractivity contribution in [3.63, 3.8) is 0 Å². The van der Waals surface area contributed by atoms with Crippen molar-refractivity contribution in [2.24, 2.45) is 0 Å². The third-order valence-electron chi connectivity index (χ3n) is 2.71. The minimum atomic E-state index is -1.12. The largest absolute Gasteiger partial charge is 0.465 e. The zero-order chi connectivity index (χ0) is 13.1. The van der Waals surface area contributed by atoms with Crippen LogP contribution in [-0.2, 0) is 0 Å². The first kappa shape index (κ1) is 12.1. The van der Waals surface area contributed by atoms with Gasteiger partial charge >= 0.3 is 6.09 Å². The standard InChI is InChI=1S/C14H12FNO2/c1-16(14(17)18)11-7-8-12(13(15)9-11)10-5-3-2-4-6-10/h2-9H,1H3,(H,17,18). The van der Waals surface area contributed by atoms with E-state index in [2.05, 4.69) is 0 Å². The molecule has 0 aliphatic heterocycles. The Hall–Kier alpha value is -2.36. The van der Waals surface area contributed by atoms with E-state index in [9.17, 15) is 9.18 Å². The van der Waals surface area contributed by atoms with E-state index in [0.29, 0.717) is 11.3 Å². The molecule has 0 saturated heterocycles. The number of carbonyl (C=O) groups is 1. The third-order valence-corrected chi connectivity index (χ3v) is 2.71. The molecule has 2 aromatic carbocycles. The molecule has 0 radical (unpaired) electrons. The highest BCUT2D eigenvalue weighted by Gasteiger charge is 2.11. The van der Waals surface area contributed by atoms with Gasteiger partial charge in [0.25, 0.3) is 0 Å². The van der Waals surface area contributed by atoms with Crippen LogP contribution in [0.15, 0.2) is 48.5 Å². The summed E-state index contributed by atoms with van der Waals surface area (Å²) in [7, 11) is 1.37. The van der Waals surface area contributed by atoms with E-state index in [1.54, 1.807) is 24.3 Å². The summed E-state index contributed by atoms with van der Waals surface area (Å²) < 4.78 is 13.9. The number of hydrogen-bond acceptors (Lipinski definition) is 1. The molecule has 0 fully saturated rings. The molecule has 0 saturated carbocycles. The van der Waals surface area contributed by atoms with Crippen LogP contribution >= 0.6 is 0 Å². The van der Waals surface area contributed by atoms with Crippen molar-refractivity contribution in [1.82, 2.24) is 0 Å². The van der Waals surface area contributed by atoms with E-state index in [1.165, 1.54) is 13.1 Å². The Kier molecular flexibility index (Phi) is 3.28. The Bertz CT molecular complexity index is 569. The molecular weight excluding hydrogens is 233 g/mol. The first-order valence-electron chi connectivity index (χ1n) is 5.41. The summed E-state index contributed by atoms with van der Waals surface area (Å²) in [6.07, 6.45) is -1.12. The van der Waals surface area contributed by atoms with Crippen molar-refractivity contribution in [3.05, 3.63) is 54.3 Å². The number of nitrogens with zero attached hydrogens (tertiary/aromatic N) is 1. The lowest BCUT2D eigenvalue weighted by atomic mass is 10.0. The van der Waals surface area contributed by atoms with E-state index in [4.69, 9.17) is 5.11 Å². The molecule has 0 aliphatic carbocycles. The van der Waals surface area contributed by atoms with Crippen LogP contribution in [0.1, 0.15) is 0 Å². The SMILES string of the molecule is CN(C(=O)O)c1ccc(-c2ccccc2)c(F)c1. The van der Waals surface area contributed by atoms with Gasteiger partial charge in [0.15, 0.2) is 0 Å². The molecule has 0 heterocycles. The lowest BCUT2D eigenvalue weighted by Crippen LogP contribution is -2.23. The van der Waals surface area contributed by atoms with Gasteiger partial charge < -0.3 is 5.11 Å². The van der Waals surface area contributed by atoms with Crippen molar-refractivity contribution in [2.45, 2.75) is 0 Å². The third kappa shape index (κ3) is 2.32. The zero-order valence-electron chi connectivity index (χ0n) is 9.80. The first-order valence-corrected chi connectivity index (χ1v) is 5.41. The summed E-state index contributed by atoms with van der Waals surface area (Å²) in [5, 5.41) is 8.82. The molecule has 0 bridgehead atoms. The Morgan fingerprint density at radius 3 is 2.39 bits per heavy atom. The molecule has 0 atom stereocenters. The molecule has 0 unspecified atom stereocenters. The van der Waals surface area contributed by atoms with Gasteiger partial charge in [0.2, 0.25) is 0 Å². The molecule has 2 aromatic rings. The minimum absolute atomic E-state index is 0.305. The molecule has 2 rings (SSSR count). The van der Waals surface area contributed by atoms with Crippen molar-refractivity contribution in [2.75, 3.05) is 11.9 Å². The molecular formula is C14H12FNO2. The summed E-state index contributed by atoms with van der Waals surface area (Å²) in [4.78, 5) is 11.7. The van der Waals surface area contributed by atoms with Crippen LogP contribution in [0.5, 0.6) is 0 Å². The lowest BCUT2D eigenvalue weighted by molar-refractivity contribution is 0.203. The van der Waals surface area contributed by atoms with Crippen molar-refractivity contribution >= 4 is 11.8 Å². The smallest absolute Gasteiger partial charge is 0.411 e.